The SMILES string of the molecule is Cc1nn(C)c(C)c1CN=C(NCC(=O)N(C)C)NC1CCN(Cc2ccccc2)CC1.I. The van der Waals surface area contributed by atoms with E-state index in [1.807, 2.05) is 18.7 Å². The highest BCUT2D eigenvalue weighted by atomic mass is 127. The number of carbonyl (C=O) groups is 1. The van der Waals surface area contributed by atoms with Gasteiger partial charge in [-0.15, -0.1) is 24.0 Å². The Labute approximate surface area is 214 Å². The van der Waals surface area contributed by atoms with Gasteiger partial charge in [0.05, 0.1) is 18.8 Å². The molecular formula is C24H38IN7O. The van der Waals surface area contributed by atoms with Gasteiger partial charge in [0.15, 0.2) is 5.96 Å². The summed E-state index contributed by atoms with van der Waals surface area (Å²) in [6.07, 6.45) is 2.08. The third-order valence-electron chi connectivity index (χ3n) is 6.14. The van der Waals surface area contributed by atoms with Gasteiger partial charge < -0.3 is 15.5 Å². The zero-order valence-corrected chi connectivity index (χ0v) is 22.8. The molecule has 0 spiro atoms. The van der Waals surface area contributed by atoms with Crippen LogP contribution in [0.3, 0.4) is 0 Å². The molecule has 1 aromatic heterocycles. The first-order chi connectivity index (χ1) is 15.3. The topological polar surface area (TPSA) is 77.8 Å². The van der Waals surface area contributed by atoms with Crippen molar-refractivity contribution in [3.05, 3.63) is 52.8 Å². The van der Waals surface area contributed by atoms with Crippen LogP contribution in [-0.4, -0.2) is 71.2 Å². The lowest BCUT2D eigenvalue weighted by atomic mass is 10.0. The van der Waals surface area contributed by atoms with Gasteiger partial charge in [-0.1, -0.05) is 30.3 Å². The van der Waals surface area contributed by atoms with Crippen LogP contribution in [0.25, 0.3) is 0 Å². The number of guanidine groups is 1. The van der Waals surface area contributed by atoms with E-state index in [9.17, 15) is 4.79 Å². The molecule has 1 aliphatic heterocycles. The number of nitrogens with one attached hydrogen (secondary N) is 2. The quantitative estimate of drug-likeness (QED) is 0.306. The molecule has 1 aliphatic rings. The minimum Gasteiger partial charge on any atom is -0.354 e. The molecule has 0 atom stereocenters. The molecule has 182 valence electrons. The molecule has 0 aliphatic carbocycles. The summed E-state index contributed by atoms with van der Waals surface area (Å²) in [4.78, 5) is 21.0. The van der Waals surface area contributed by atoms with E-state index in [0.29, 0.717) is 18.5 Å². The number of hydrogen-bond acceptors (Lipinski definition) is 4. The van der Waals surface area contributed by atoms with Crippen molar-refractivity contribution in [2.24, 2.45) is 12.0 Å². The molecule has 0 bridgehead atoms. The van der Waals surface area contributed by atoms with Crippen molar-refractivity contribution < 1.29 is 4.79 Å². The minimum atomic E-state index is 0. The van der Waals surface area contributed by atoms with Gasteiger partial charge in [-0.3, -0.25) is 14.4 Å². The van der Waals surface area contributed by atoms with Crippen molar-refractivity contribution in [3.8, 4) is 0 Å². The highest BCUT2D eigenvalue weighted by Gasteiger charge is 2.21. The predicted octanol–water partition coefficient (Wildman–Crippen LogP) is 2.44. The summed E-state index contributed by atoms with van der Waals surface area (Å²) < 4.78 is 1.89. The Hall–Kier alpha value is -2.14. The summed E-state index contributed by atoms with van der Waals surface area (Å²) in [6.45, 7) is 7.89. The molecule has 0 saturated carbocycles. The minimum absolute atomic E-state index is 0. The van der Waals surface area contributed by atoms with Crippen molar-refractivity contribution >= 4 is 35.8 Å². The van der Waals surface area contributed by atoms with Crippen LogP contribution in [0.1, 0.15) is 35.4 Å². The van der Waals surface area contributed by atoms with Gasteiger partial charge >= 0.3 is 0 Å². The average Bonchev–Trinajstić information content (AvgIpc) is 3.02. The van der Waals surface area contributed by atoms with Gasteiger partial charge in [0.2, 0.25) is 5.91 Å². The lowest BCUT2D eigenvalue weighted by molar-refractivity contribution is -0.127. The maximum atomic E-state index is 12.1. The van der Waals surface area contributed by atoms with Crippen LogP contribution < -0.4 is 10.6 Å². The van der Waals surface area contributed by atoms with Crippen LogP contribution in [0.2, 0.25) is 0 Å². The molecule has 2 aromatic rings. The van der Waals surface area contributed by atoms with E-state index >= 15 is 0 Å². The Bertz CT molecular complexity index is 918. The van der Waals surface area contributed by atoms with E-state index in [1.165, 1.54) is 5.56 Å². The summed E-state index contributed by atoms with van der Waals surface area (Å²) in [5.41, 5.74) is 4.59. The third kappa shape index (κ3) is 7.99. The fourth-order valence-electron chi connectivity index (χ4n) is 3.94. The molecule has 0 unspecified atom stereocenters. The fraction of sp³-hybridized carbons (Fsp3) is 0.542. The Kier molecular flexibility index (Phi) is 10.6. The molecule has 2 heterocycles. The van der Waals surface area contributed by atoms with E-state index < -0.39 is 0 Å². The number of benzene rings is 1. The molecule has 3 rings (SSSR count). The number of aromatic nitrogens is 2. The van der Waals surface area contributed by atoms with Crippen molar-refractivity contribution in [2.45, 2.75) is 45.8 Å². The summed E-state index contributed by atoms with van der Waals surface area (Å²) in [5, 5.41) is 11.3. The highest BCUT2D eigenvalue weighted by molar-refractivity contribution is 14.0. The maximum Gasteiger partial charge on any atom is 0.241 e. The molecule has 0 radical (unpaired) electrons. The molecule has 1 aromatic carbocycles. The standard InChI is InChI=1S/C24H37N7O.HI/c1-18-22(19(2)30(5)28-18)15-25-24(26-16-23(32)29(3)4)27-21-11-13-31(14-12-21)17-20-9-7-6-8-10-20;/h6-10,21H,11-17H2,1-5H3,(H2,25,26,27);1H. The second-order valence-electron chi connectivity index (χ2n) is 8.76. The van der Waals surface area contributed by atoms with Gasteiger partial charge in [-0.05, 0) is 32.3 Å². The maximum absolute atomic E-state index is 12.1. The largest absolute Gasteiger partial charge is 0.354 e. The summed E-state index contributed by atoms with van der Waals surface area (Å²) in [7, 11) is 5.48. The Morgan fingerprint density at radius 1 is 1.18 bits per heavy atom. The molecule has 8 nitrogen and oxygen atoms in total. The normalized spacial score (nSPS) is 15.1. The number of amides is 1. The monoisotopic (exact) mass is 567 g/mol. The number of aryl methyl sites for hydroxylation is 2. The van der Waals surface area contributed by atoms with E-state index in [2.05, 4.69) is 57.9 Å². The van der Waals surface area contributed by atoms with E-state index in [0.717, 1.165) is 49.4 Å². The van der Waals surface area contributed by atoms with Gasteiger partial charge in [0.25, 0.3) is 0 Å². The van der Waals surface area contributed by atoms with Crippen molar-refractivity contribution in [2.75, 3.05) is 33.7 Å². The Morgan fingerprint density at radius 3 is 2.42 bits per heavy atom. The summed E-state index contributed by atoms with van der Waals surface area (Å²) in [5.74, 6) is 0.704. The number of nitrogens with zero attached hydrogens (tertiary/aromatic N) is 5. The first-order valence-electron chi connectivity index (χ1n) is 11.3. The molecule has 1 saturated heterocycles. The number of likely N-dealkylation sites (N-methyl/N-ethyl adjacent to an activating group) is 1. The highest BCUT2D eigenvalue weighted by Crippen LogP contribution is 2.15. The zero-order chi connectivity index (χ0) is 23.1. The molecule has 1 amide bonds. The first kappa shape index (κ1) is 27.1. The predicted molar refractivity (Wildman–Crippen MR) is 144 cm³/mol. The summed E-state index contributed by atoms with van der Waals surface area (Å²) in [6, 6.07) is 11.0. The van der Waals surface area contributed by atoms with Gasteiger partial charge in [-0.25, -0.2) is 4.99 Å². The number of aliphatic imine (C=N–C) groups is 1. The number of piperidine rings is 1. The van der Waals surface area contributed by atoms with Crippen LogP contribution in [0.4, 0.5) is 0 Å². The average molecular weight is 568 g/mol. The lowest BCUT2D eigenvalue weighted by Crippen LogP contribution is -2.50. The zero-order valence-electron chi connectivity index (χ0n) is 20.5. The van der Waals surface area contributed by atoms with Crippen LogP contribution in [0.15, 0.2) is 35.3 Å². The van der Waals surface area contributed by atoms with E-state index in [-0.39, 0.29) is 36.4 Å². The van der Waals surface area contributed by atoms with Gasteiger partial charge in [0, 0.05) is 58.1 Å². The summed E-state index contributed by atoms with van der Waals surface area (Å²) >= 11 is 0. The van der Waals surface area contributed by atoms with Gasteiger partial charge in [-0.2, -0.15) is 5.10 Å². The number of hydrogen-bond donors (Lipinski definition) is 2. The van der Waals surface area contributed by atoms with Crippen molar-refractivity contribution in [1.29, 1.82) is 0 Å². The van der Waals surface area contributed by atoms with Crippen LogP contribution in [0, 0.1) is 13.8 Å². The van der Waals surface area contributed by atoms with E-state index in [4.69, 9.17) is 4.99 Å². The molecule has 9 heteroatoms. The number of carbonyl (C=O) groups excluding carboxylic acids is 1. The fourth-order valence-corrected chi connectivity index (χ4v) is 3.94. The second kappa shape index (κ2) is 12.9. The smallest absolute Gasteiger partial charge is 0.241 e. The lowest BCUT2D eigenvalue weighted by Gasteiger charge is -2.33. The second-order valence-corrected chi connectivity index (χ2v) is 8.76. The number of halogens is 1. The molecule has 2 N–H and O–H groups in total. The molecule has 1 fully saturated rings. The van der Waals surface area contributed by atoms with Crippen molar-refractivity contribution in [1.82, 2.24) is 30.2 Å². The third-order valence-corrected chi connectivity index (χ3v) is 6.14. The number of likely N-dealkylation sites (tertiary alicyclic amines) is 1. The Balaban J connectivity index is 0.00000385. The molecule has 33 heavy (non-hydrogen) atoms. The Morgan fingerprint density at radius 2 is 1.85 bits per heavy atom. The number of rotatable bonds is 7. The molecular weight excluding hydrogens is 529 g/mol. The van der Waals surface area contributed by atoms with Gasteiger partial charge in [0.1, 0.15) is 0 Å². The van der Waals surface area contributed by atoms with Crippen molar-refractivity contribution in [3.63, 3.8) is 0 Å². The van der Waals surface area contributed by atoms with Crippen LogP contribution in [0.5, 0.6) is 0 Å². The van der Waals surface area contributed by atoms with E-state index in [1.54, 1.807) is 19.0 Å². The van der Waals surface area contributed by atoms with Crippen LogP contribution in [-0.2, 0) is 24.9 Å². The first-order valence-corrected chi connectivity index (χ1v) is 11.3. The van der Waals surface area contributed by atoms with Crippen LogP contribution >= 0.6 is 24.0 Å².